The minimum Gasteiger partial charge on any atom is -0.359 e. The Bertz CT molecular complexity index is 140. The normalized spacial score (nSPS) is 29.3. The van der Waals surface area contributed by atoms with Gasteiger partial charge in [0.1, 0.15) is 0 Å². The second kappa shape index (κ2) is 4.57. The molecule has 0 bridgehead atoms. The molecule has 1 saturated carbocycles. The van der Waals surface area contributed by atoms with Crippen LogP contribution >= 0.6 is 12.4 Å². The Balaban J connectivity index is 0.000001000. The zero-order valence-corrected chi connectivity index (χ0v) is 7.49. The number of nitrogens with one attached hydrogen (secondary N) is 1. The van der Waals surface area contributed by atoms with Crippen molar-refractivity contribution in [3.05, 3.63) is 0 Å². The molecule has 1 rings (SSSR count). The molecule has 0 aromatic rings. The molecule has 11 heavy (non-hydrogen) atoms. The number of nitrogens with two attached hydrogens (primary N) is 1. The topological polar surface area (TPSA) is 55.1 Å². The Morgan fingerprint density at radius 2 is 2.18 bits per heavy atom. The third-order valence-electron chi connectivity index (χ3n) is 2.09. The predicted octanol–water partition coefficient (Wildman–Crippen LogP) is 0.282. The van der Waals surface area contributed by atoms with Crippen LogP contribution in [-0.4, -0.2) is 19.0 Å². The second-order valence-electron chi connectivity index (χ2n) is 2.88. The zero-order chi connectivity index (χ0) is 7.56. The summed E-state index contributed by atoms with van der Waals surface area (Å²) in [6.45, 7) is 0. The summed E-state index contributed by atoms with van der Waals surface area (Å²) in [6.07, 6.45) is 2.82. The van der Waals surface area contributed by atoms with Gasteiger partial charge in [-0.25, -0.2) is 0 Å². The van der Waals surface area contributed by atoms with Crippen LogP contribution in [0.1, 0.15) is 19.3 Å². The number of amides is 1. The Morgan fingerprint density at radius 1 is 1.55 bits per heavy atom. The molecule has 0 aromatic heterocycles. The number of carbonyl (C=O) groups excluding carboxylic acids is 1. The molecule has 1 amide bonds. The summed E-state index contributed by atoms with van der Waals surface area (Å²) in [7, 11) is 1.67. The first kappa shape index (κ1) is 10.7. The Labute approximate surface area is 73.1 Å². The summed E-state index contributed by atoms with van der Waals surface area (Å²) < 4.78 is 0. The van der Waals surface area contributed by atoms with E-state index in [0.29, 0.717) is 0 Å². The molecule has 3 nitrogen and oxygen atoms in total. The molecule has 1 aliphatic carbocycles. The van der Waals surface area contributed by atoms with Crippen LogP contribution in [0.15, 0.2) is 0 Å². The smallest absolute Gasteiger partial charge is 0.222 e. The molecule has 0 spiro atoms. The van der Waals surface area contributed by atoms with E-state index >= 15 is 0 Å². The summed E-state index contributed by atoms with van der Waals surface area (Å²) in [5, 5.41) is 2.63. The van der Waals surface area contributed by atoms with E-state index in [1.54, 1.807) is 7.05 Å². The van der Waals surface area contributed by atoms with Crippen LogP contribution in [0.3, 0.4) is 0 Å². The first-order valence-corrected chi connectivity index (χ1v) is 3.71. The van der Waals surface area contributed by atoms with Crippen LogP contribution in [0.2, 0.25) is 0 Å². The van der Waals surface area contributed by atoms with Crippen molar-refractivity contribution in [3.63, 3.8) is 0 Å². The van der Waals surface area contributed by atoms with Gasteiger partial charge in [-0.15, -0.1) is 12.4 Å². The lowest BCUT2D eigenvalue weighted by molar-refractivity contribution is -0.124. The van der Waals surface area contributed by atoms with Gasteiger partial charge in [0, 0.05) is 19.0 Å². The van der Waals surface area contributed by atoms with Gasteiger partial charge in [-0.05, 0) is 19.3 Å². The lowest BCUT2D eigenvalue weighted by atomic mass is 10.1. The van der Waals surface area contributed by atoms with Crippen LogP contribution < -0.4 is 11.1 Å². The molecule has 1 fully saturated rings. The third kappa shape index (κ3) is 2.67. The fourth-order valence-corrected chi connectivity index (χ4v) is 1.46. The summed E-state index contributed by atoms with van der Waals surface area (Å²) in [4.78, 5) is 11.0. The van der Waals surface area contributed by atoms with E-state index in [-0.39, 0.29) is 30.3 Å². The monoisotopic (exact) mass is 178 g/mol. The molecule has 1 aliphatic rings. The summed E-state index contributed by atoms with van der Waals surface area (Å²) in [5.41, 5.74) is 5.64. The quantitative estimate of drug-likeness (QED) is 0.606. The number of carbonyl (C=O) groups is 1. The second-order valence-corrected chi connectivity index (χ2v) is 2.88. The molecule has 66 valence electrons. The van der Waals surface area contributed by atoms with Gasteiger partial charge in [-0.3, -0.25) is 4.79 Å². The summed E-state index contributed by atoms with van der Waals surface area (Å²) in [6, 6.07) is 0.252. The van der Waals surface area contributed by atoms with Crippen molar-refractivity contribution in [3.8, 4) is 0 Å². The highest BCUT2D eigenvalue weighted by molar-refractivity contribution is 5.85. The van der Waals surface area contributed by atoms with Gasteiger partial charge in [0.05, 0.1) is 0 Å². The average Bonchev–Trinajstić information content (AvgIpc) is 2.34. The maximum Gasteiger partial charge on any atom is 0.222 e. The number of hydrogen-bond donors (Lipinski definition) is 2. The standard InChI is InChI=1S/C7H14N2O.ClH/c1-9-7(10)5-2-3-6(8)4-5;/h5-6H,2-4,8H2,1H3,(H,9,10);1H/t5-,6-;/m0./s1. The van der Waals surface area contributed by atoms with E-state index in [0.717, 1.165) is 19.3 Å². The van der Waals surface area contributed by atoms with Crippen molar-refractivity contribution < 1.29 is 4.79 Å². The SMILES string of the molecule is CNC(=O)[C@H]1CC[C@H](N)C1.Cl. The molecule has 4 heteroatoms. The minimum absolute atomic E-state index is 0. The lowest BCUT2D eigenvalue weighted by Gasteiger charge is -2.05. The Kier molecular flexibility index (Phi) is 4.45. The Morgan fingerprint density at radius 3 is 2.55 bits per heavy atom. The van der Waals surface area contributed by atoms with E-state index in [4.69, 9.17) is 5.73 Å². The van der Waals surface area contributed by atoms with Crippen LogP contribution in [0.5, 0.6) is 0 Å². The average molecular weight is 179 g/mol. The van der Waals surface area contributed by atoms with Gasteiger partial charge < -0.3 is 11.1 Å². The maximum absolute atomic E-state index is 11.0. The fraction of sp³-hybridized carbons (Fsp3) is 0.857. The van der Waals surface area contributed by atoms with Crippen molar-refractivity contribution in [1.29, 1.82) is 0 Å². The van der Waals surface area contributed by atoms with E-state index in [1.165, 1.54) is 0 Å². The van der Waals surface area contributed by atoms with E-state index in [2.05, 4.69) is 5.32 Å². The molecule has 0 aliphatic heterocycles. The third-order valence-corrected chi connectivity index (χ3v) is 2.09. The number of rotatable bonds is 1. The number of halogens is 1. The largest absolute Gasteiger partial charge is 0.359 e. The van der Waals surface area contributed by atoms with Crippen LogP contribution in [-0.2, 0) is 4.79 Å². The van der Waals surface area contributed by atoms with E-state index < -0.39 is 0 Å². The van der Waals surface area contributed by atoms with Crippen molar-refractivity contribution in [2.75, 3.05) is 7.05 Å². The van der Waals surface area contributed by atoms with Gasteiger partial charge in [0.2, 0.25) is 5.91 Å². The minimum atomic E-state index is 0. The predicted molar refractivity (Wildman–Crippen MR) is 46.6 cm³/mol. The Hall–Kier alpha value is -0.280. The zero-order valence-electron chi connectivity index (χ0n) is 6.67. The van der Waals surface area contributed by atoms with Crippen molar-refractivity contribution in [1.82, 2.24) is 5.32 Å². The maximum atomic E-state index is 11.0. The van der Waals surface area contributed by atoms with Crippen LogP contribution in [0, 0.1) is 5.92 Å². The van der Waals surface area contributed by atoms with Gasteiger partial charge in [-0.1, -0.05) is 0 Å². The van der Waals surface area contributed by atoms with Gasteiger partial charge in [-0.2, -0.15) is 0 Å². The molecule has 0 aromatic carbocycles. The van der Waals surface area contributed by atoms with Gasteiger partial charge in [0.15, 0.2) is 0 Å². The molecule has 0 saturated heterocycles. The van der Waals surface area contributed by atoms with Crippen LogP contribution in [0.25, 0.3) is 0 Å². The van der Waals surface area contributed by atoms with Crippen molar-refractivity contribution in [2.45, 2.75) is 25.3 Å². The summed E-state index contributed by atoms with van der Waals surface area (Å²) in [5.74, 6) is 0.327. The van der Waals surface area contributed by atoms with Crippen LogP contribution in [0.4, 0.5) is 0 Å². The molecular weight excluding hydrogens is 164 g/mol. The fourth-order valence-electron chi connectivity index (χ4n) is 1.46. The lowest BCUT2D eigenvalue weighted by Crippen LogP contribution is -2.26. The van der Waals surface area contributed by atoms with E-state index in [9.17, 15) is 4.79 Å². The summed E-state index contributed by atoms with van der Waals surface area (Å²) >= 11 is 0. The van der Waals surface area contributed by atoms with E-state index in [1.807, 2.05) is 0 Å². The molecular formula is C7H15ClN2O. The molecule has 0 heterocycles. The molecule has 3 N–H and O–H groups in total. The highest BCUT2D eigenvalue weighted by atomic mass is 35.5. The molecule has 2 atom stereocenters. The number of hydrogen-bond acceptors (Lipinski definition) is 2. The van der Waals surface area contributed by atoms with Gasteiger partial charge in [0.25, 0.3) is 0 Å². The highest BCUT2D eigenvalue weighted by Gasteiger charge is 2.26. The van der Waals surface area contributed by atoms with Gasteiger partial charge >= 0.3 is 0 Å². The molecule has 0 radical (unpaired) electrons. The molecule has 0 unspecified atom stereocenters. The van der Waals surface area contributed by atoms with Crippen molar-refractivity contribution in [2.24, 2.45) is 11.7 Å². The first-order chi connectivity index (χ1) is 4.74. The highest BCUT2D eigenvalue weighted by Crippen LogP contribution is 2.23. The van der Waals surface area contributed by atoms with Crippen molar-refractivity contribution >= 4 is 18.3 Å². The first-order valence-electron chi connectivity index (χ1n) is 3.71.